The summed E-state index contributed by atoms with van der Waals surface area (Å²) < 4.78 is 28.6. The summed E-state index contributed by atoms with van der Waals surface area (Å²) in [5.74, 6) is 0. The van der Waals surface area contributed by atoms with Crippen molar-refractivity contribution in [3.8, 4) is 0 Å². The molecule has 3 N–H and O–H groups in total. The van der Waals surface area contributed by atoms with Gasteiger partial charge in [0.2, 0.25) is 10.0 Å². The van der Waals surface area contributed by atoms with Gasteiger partial charge in [-0.05, 0) is 61.8 Å². The Morgan fingerprint density at radius 2 is 1.86 bits per heavy atom. The van der Waals surface area contributed by atoms with Crippen LogP contribution < -0.4 is 10.5 Å². The minimum Gasteiger partial charge on any atom is -0.398 e. The third-order valence-corrected chi connectivity index (χ3v) is 6.65. The zero-order valence-electron chi connectivity index (χ0n) is 13.6. The normalized spacial score (nSPS) is 21.7. The molecule has 1 aromatic carbocycles. The van der Waals surface area contributed by atoms with E-state index in [1.165, 1.54) is 0 Å². The van der Waals surface area contributed by atoms with Crippen LogP contribution in [0.2, 0.25) is 0 Å². The van der Waals surface area contributed by atoms with E-state index in [4.69, 9.17) is 5.73 Å². The first-order valence-electron chi connectivity index (χ1n) is 7.45. The molecule has 5 heteroatoms. The highest BCUT2D eigenvalue weighted by Gasteiger charge is 2.38. The van der Waals surface area contributed by atoms with Crippen molar-refractivity contribution < 1.29 is 8.42 Å². The molecular formula is C16H26N2O2S. The molecule has 1 fully saturated rings. The Labute approximate surface area is 128 Å². The molecule has 21 heavy (non-hydrogen) atoms. The van der Waals surface area contributed by atoms with E-state index in [-0.39, 0.29) is 11.5 Å². The molecule has 0 aliphatic heterocycles. The van der Waals surface area contributed by atoms with Crippen molar-refractivity contribution in [2.45, 2.75) is 64.8 Å². The Morgan fingerprint density at radius 1 is 1.24 bits per heavy atom. The lowest BCUT2D eigenvalue weighted by Crippen LogP contribution is -2.41. The minimum absolute atomic E-state index is 0.00422. The number of sulfonamides is 1. The first-order valence-corrected chi connectivity index (χ1v) is 8.93. The molecule has 1 atom stereocenters. The van der Waals surface area contributed by atoms with Crippen molar-refractivity contribution in [3.63, 3.8) is 0 Å². The van der Waals surface area contributed by atoms with Crippen LogP contribution in [0.5, 0.6) is 0 Å². The fourth-order valence-corrected chi connectivity index (χ4v) is 5.25. The van der Waals surface area contributed by atoms with Crippen molar-refractivity contribution in [2.24, 2.45) is 5.41 Å². The summed E-state index contributed by atoms with van der Waals surface area (Å²) in [5.41, 5.74) is 8.82. The van der Waals surface area contributed by atoms with Crippen LogP contribution in [0.3, 0.4) is 0 Å². The van der Waals surface area contributed by atoms with Crippen molar-refractivity contribution in [1.82, 2.24) is 4.72 Å². The highest BCUT2D eigenvalue weighted by Crippen LogP contribution is 2.38. The maximum Gasteiger partial charge on any atom is 0.241 e. The lowest BCUT2D eigenvalue weighted by Gasteiger charge is -2.28. The van der Waals surface area contributed by atoms with E-state index in [0.29, 0.717) is 16.1 Å². The number of hydrogen-bond acceptors (Lipinski definition) is 3. The van der Waals surface area contributed by atoms with Gasteiger partial charge in [-0.1, -0.05) is 20.3 Å². The van der Waals surface area contributed by atoms with Gasteiger partial charge in [0.1, 0.15) is 0 Å². The van der Waals surface area contributed by atoms with E-state index < -0.39 is 10.0 Å². The van der Waals surface area contributed by atoms with Gasteiger partial charge in [0.25, 0.3) is 0 Å². The molecule has 0 saturated heterocycles. The van der Waals surface area contributed by atoms with E-state index >= 15 is 0 Å². The number of aryl methyl sites for hydroxylation is 1. The highest BCUT2D eigenvalue weighted by molar-refractivity contribution is 7.89. The molecule has 0 bridgehead atoms. The highest BCUT2D eigenvalue weighted by atomic mass is 32.2. The monoisotopic (exact) mass is 310 g/mol. The molecule has 0 aromatic heterocycles. The number of hydrogen-bond donors (Lipinski definition) is 2. The maximum absolute atomic E-state index is 12.9. The molecule has 0 amide bonds. The van der Waals surface area contributed by atoms with E-state index in [1.807, 2.05) is 19.9 Å². The van der Waals surface area contributed by atoms with Crippen LogP contribution in [0.25, 0.3) is 0 Å². The van der Waals surface area contributed by atoms with Crippen molar-refractivity contribution in [2.75, 3.05) is 5.73 Å². The predicted octanol–water partition coefficient (Wildman–Crippen LogP) is 3.05. The molecule has 1 aliphatic rings. The van der Waals surface area contributed by atoms with Crippen LogP contribution in [0.4, 0.5) is 5.69 Å². The summed E-state index contributed by atoms with van der Waals surface area (Å²) >= 11 is 0. The number of nitrogens with one attached hydrogen (secondary N) is 1. The summed E-state index contributed by atoms with van der Waals surface area (Å²) in [7, 11) is -3.55. The van der Waals surface area contributed by atoms with Crippen LogP contribution in [-0.4, -0.2) is 14.5 Å². The van der Waals surface area contributed by atoms with Gasteiger partial charge >= 0.3 is 0 Å². The average Bonchev–Trinajstić information content (AvgIpc) is 2.65. The van der Waals surface area contributed by atoms with Crippen LogP contribution >= 0.6 is 0 Å². The number of nitrogens with two attached hydrogens (primary N) is 1. The maximum atomic E-state index is 12.9. The molecule has 118 valence electrons. The smallest absolute Gasteiger partial charge is 0.241 e. The molecule has 0 heterocycles. The van der Waals surface area contributed by atoms with Gasteiger partial charge < -0.3 is 5.73 Å². The van der Waals surface area contributed by atoms with Gasteiger partial charge in [-0.15, -0.1) is 0 Å². The SMILES string of the molecule is Cc1cc(N)c(C)c(S(=O)(=O)NC2CCCC2(C)C)c1C. The summed E-state index contributed by atoms with van der Waals surface area (Å²) in [4.78, 5) is 0.350. The molecule has 1 aliphatic carbocycles. The Balaban J connectivity index is 2.46. The second kappa shape index (κ2) is 5.29. The number of nitrogen functional groups attached to an aromatic ring is 1. The lowest BCUT2D eigenvalue weighted by molar-refractivity contribution is 0.313. The molecule has 0 radical (unpaired) electrons. The Hall–Kier alpha value is -1.07. The first kappa shape index (κ1) is 16.3. The van der Waals surface area contributed by atoms with Gasteiger partial charge in [-0.2, -0.15) is 0 Å². The summed E-state index contributed by atoms with van der Waals surface area (Å²) in [5, 5.41) is 0. The Kier molecular flexibility index (Phi) is 4.10. The van der Waals surface area contributed by atoms with E-state index in [1.54, 1.807) is 6.92 Å². The average molecular weight is 310 g/mol. The van der Waals surface area contributed by atoms with E-state index in [2.05, 4.69) is 18.6 Å². The van der Waals surface area contributed by atoms with Crippen molar-refractivity contribution >= 4 is 15.7 Å². The summed E-state index contributed by atoms with van der Waals surface area (Å²) in [6, 6.07) is 1.83. The van der Waals surface area contributed by atoms with Crippen LogP contribution in [0.15, 0.2) is 11.0 Å². The second-order valence-corrected chi connectivity index (χ2v) is 8.57. The summed E-state index contributed by atoms with van der Waals surface area (Å²) in [6.07, 6.45) is 3.01. The quantitative estimate of drug-likeness (QED) is 0.843. The molecule has 1 aromatic rings. The van der Waals surface area contributed by atoms with Crippen molar-refractivity contribution in [3.05, 3.63) is 22.8 Å². The minimum atomic E-state index is -3.55. The largest absolute Gasteiger partial charge is 0.398 e. The first-order chi connectivity index (χ1) is 9.56. The predicted molar refractivity (Wildman–Crippen MR) is 86.8 cm³/mol. The number of rotatable bonds is 3. The zero-order chi connectivity index (χ0) is 16.0. The second-order valence-electron chi connectivity index (χ2n) is 6.92. The lowest BCUT2D eigenvalue weighted by atomic mass is 9.88. The Morgan fingerprint density at radius 3 is 2.38 bits per heavy atom. The van der Waals surface area contributed by atoms with Gasteiger partial charge in [0.15, 0.2) is 0 Å². The van der Waals surface area contributed by atoms with Crippen LogP contribution in [0, 0.1) is 26.2 Å². The van der Waals surface area contributed by atoms with Crippen molar-refractivity contribution in [1.29, 1.82) is 0 Å². The fourth-order valence-electron chi connectivity index (χ4n) is 3.24. The van der Waals surface area contributed by atoms with Gasteiger partial charge in [0, 0.05) is 11.7 Å². The standard InChI is InChI=1S/C16H26N2O2S/c1-10-9-13(17)12(3)15(11(10)2)21(19,20)18-14-7-6-8-16(14,4)5/h9,14,18H,6-8,17H2,1-5H3. The van der Waals surface area contributed by atoms with Gasteiger partial charge in [-0.3, -0.25) is 0 Å². The fraction of sp³-hybridized carbons (Fsp3) is 0.625. The molecule has 1 saturated carbocycles. The number of anilines is 1. The third kappa shape index (κ3) is 2.94. The van der Waals surface area contributed by atoms with Gasteiger partial charge in [0.05, 0.1) is 4.90 Å². The zero-order valence-corrected chi connectivity index (χ0v) is 14.4. The Bertz CT molecular complexity index is 637. The molecule has 2 rings (SSSR count). The summed E-state index contributed by atoms with van der Waals surface area (Å²) in [6.45, 7) is 9.75. The molecular weight excluding hydrogens is 284 g/mol. The van der Waals surface area contributed by atoms with Crippen LogP contribution in [-0.2, 0) is 10.0 Å². The topological polar surface area (TPSA) is 72.2 Å². The third-order valence-electron chi connectivity index (χ3n) is 4.90. The van der Waals surface area contributed by atoms with Gasteiger partial charge in [-0.25, -0.2) is 13.1 Å². The molecule has 1 unspecified atom stereocenters. The molecule has 0 spiro atoms. The van der Waals surface area contributed by atoms with E-state index in [9.17, 15) is 8.42 Å². The van der Waals surface area contributed by atoms with Crippen LogP contribution in [0.1, 0.15) is 49.8 Å². The number of benzene rings is 1. The van der Waals surface area contributed by atoms with E-state index in [0.717, 1.165) is 30.4 Å². The molecule has 4 nitrogen and oxygen atoms in total.